The molecule has 22 heavy (non-hydrogen) atoms. The summed E-state index contributed by atoms with van der Waals surface area (Å²) in [6, 6.07) is 4.17. The lowest BCUT2D eigenvalue weighted by Crippen LogP contribution is -2.25. The number of carbonyl (C=O) groups excluding carboxylic acids is 2. The van der Waals surface area contributed by atoms with Crippen LogP contribution in [-0.2, 0) is 20.7 Å². The second-order valence-corrected chi connectivity index (χ2v) is 5.76. The zero-order chi connectivity index (χ0) is 16.9. The predicted octanol–water partition coefficient (Wildman–Crippen LogP) is 3.20. The minimum atomic E-state index is -0.575. The van der Waals surface area contributed by atoms with E-state index in [9.17, 15) is 19.7 Å². The molecule has 6 nitrogen and oxygen atoms in total. The van der Waals surface area contributed by atoms with Crippen LogP contribution in [0.2, 0.25) is 5.02 Å². The number of esters is 1. The van der Waals surface area contributed by atoms with Crippen molar-refractivity contribution >= 4 is 29.0 Å². The number of carbonyl (C=O) groups is 2. The van der Waals surface area contributed by atoms with Crippen LogP contribution in [0.5, 0.6) is 0 Å². The molecule has 0 amide bonds. The number of ether oxygens (including phenoxy) is 1. The number of methoxy groups -OCH3 is 1. The van der Waals surface area contributed by atoms with E-state index >= 15 is 0 Å². The molecule has 1 rings (SSSR count). The SMILES string of the molecule is COC(=O)[C@@H](CC(=O)Cc1ccc(Cl)cc1[N+](=O)[O-])C(C)C. The molecule has 0 aliphatic heterocycles. The molecule has 0 heterocycles. The Labute approximate surface area is 133 Å². The van der Waals surface area contributed by atoms with Crippen LogP contribution < -0.4 is 0 Å². The van der Waals surface area contributed by atoms with Crippen molar-refractivity contribution in [3.63, 3.8) is 0 Å². The summed E-state index contributed by atoms with van der Waals surface area (Å²) < 4.78 is 4.69. The van der Waals surface area contributed by atoms with Crippen LogP contribution in [-0.4, -0.2) is 23.8 Å². The Morgan fingerprint density at radius 1 is 1.36 bits per heavy atom. The van der Waals surface area contributed by atoms with Crippen LogP contribution in [0, 0.1) is 22.0 Å². The van der Waals surface area contributed by atoms with Gasteiger partial charge < -0.3 is 4.74 Å². The highest BCUT2D eigenvalue weighted by Crippen LogP contribution is 2.25. The van der Waals surface area contributed by atoms with Crippen LogP contribution in [0.15, 0.2) is 18.2 Å². The molecule has 0 radical (unpaired) electrons. The first-order chi connectivity index (χ1) is 10.3. The minimum Gasteiger partial charge on any atom is -0.469 e. The maximum absolute atomic E-state index is 12.1. The lowest BCUT2D eigenvalue weighted by Gasteiger charge is -2.17. The number of nitrogens with zero attached hydrogens (tertiary/aromatic N) is 1. The van der Waals surface area contributed by atoms with Crippen LogP contribution >= 0.6 is 11.6 Å². The molecule has 7 heteroatoms. The van der Waals surface area contributed by atoms with Crippen molar-refractivity contribution in [2.45, 2.75) is 26.7 Å². The summed E-state index contributed by atoms with van der Waals surface area (Å²) in [6.45, 7) is 3.64. The second-order valence-electron chi connectivity index (χ2n) is 5.32. The summed E-state index contributed by atoms with van der Waals surface area (Å²) in [4.78, 5) is 34.2. The number of rotatable bonds is 7. The second kappa shape index (κ2) is 7.89. The fraction of sp³-hybridized carbons (Fsp3) is 0.467. The van der Waals surface area contributed by atoms with E-state index < -0.39 is 16.8 Å². The molecule has 0 aliphatic carbocycles. The molecule has 0 N–H and O–H groups in total. The molecule has 0 bridgehead atoms. The largest absolute Gasteiger partial charge is 0.469 e. The highest BCUT2D eigenvalue weighted by Gasteiger charge is 2.27. The van der Waals surface area contributed by atoms with E-state index in [0.717, 1.165) is 0 Å². The van der Waals surface area contributed by atoms with Crippen LogP contribution in [0.3, 0.4) is 0 Å². The molecule has 0 spiro atoms. The van der Waals surface area contributed by atoms with E-state index in [1.807, 2.05) is 13.8 Å². The van der Waals surface area contributed by atoms with Crippen molar-refractivity contribution in [2.75, 3.05) is 7.11 Å². The topological polar surface area (TPSA) is 86.5 Å². The van der Waals surface area contributed by atoms with Gasteiger partial charge in [-0.1, -0.05) is 31.5 Å². The van der Waals surface area contributed by atoms with E-state index in [-0.39, 0.29) is 40.8 Å². The fourth-order valence-corrected chi connectivity index (χ4v) is 2.30. The summed E-state index contributed by atoms with van der Waals surface area (Å²) in [7, 11) is 1.27. The van der Waals surface area contributed by atoms with E-state index in [4.69, 9.17) is 11.6 Å². The summed E-state index contributed by atoms with van der Waals surface area (Å²) in [5, 5.41) is 11.2. The van der Waals surface area contributed by atoms with Gasteiger partial charge in [0.2, 0.25) is 0 Å². The molecule has 0 aliphatic rings. The van der Waals surface area contributed by atoms with Crippen molar-refractivity contribution in [1.29, 1.82) is 0 Å². The number of hydrogen-bond acceptors (Lipinski definition) is 5. The van der Waals surface area contributed by atoms with Crippen LogP contribution in [0.25, 0.3) is 0 Å². The van der Waals surface area contributed by atoms with Gasteiger partial charge in [0.1, 0.15) is 5.78 Å². The molecule has 0 unspecified atom stereocenters. The van der Waals surface area contributed by atoms with Crippen LogP contribution in [0.4, 0.5) is 5.69 Å². The normalized spacial score (nSPS) is 12.0. The van der Waals surface area contributed by atoms with Gasteiger partial charge >= 0.3 is 5.97 Å². The summed E-state index contributed by atoms with van der Waals surface area (Å²) in [5.74, 6) is -1.32. The van der Waals surface area contributed by atoms with Crippen molar-refractivity contribution in [1.82, 2.24) is 0 Å². The maximum Gasteiger partial charge on any atom is 0.309 e. The monoisotopic (exact) mass is 327 g/mol. The van der Waals surface area contributed by atoms with Gasteiger partial charge in [-0.25, -0.2) is 0 Å². The Kier molecular flexibility index (Phi) is 6.49. The molecule has 1 aromatic rings. The van der Waals surface area contributed by atoms with Crippen molar-refractivity contribution in [2.24, 2.45) is 11.8 Å². The third-order valence-corrected chi connectivity index (χ3v) is 3.62. The number of Topliss-reactive ketones (excluding diaryl/α,β-unsaturated/α-hetero) is 1. The van der Waals surface area contributed by atoms with Gasteiger partial charge in [-0.2, -0.15) is 0 Å². The minimum absolute atomic E-state index is 0.00980. The number of benzene rings is 1. The Morgan fingerprint density at radius 2 is 2.00 bits per heavy atom. The zero-order valence-corrected chi connectivity index (χ0v) is 13.4. The molecule has 1 atom stereocenters. The zero-order valence-electron chi connectivity index (χ0n) is 12.7. The Bertz CT molecular complexity index is 585. The maximum atomic E-state index is 12.1. The fourth-order valence-electron chi connectivity index (χ4n) is 2.13. The first kappa shape index (κ1) is 18.1. The third-order valence-electron chi connectivity index (χ3n) is 3.39. The van der Waals surface area contributed by atoms with E-state index in [1.54, 1.807) is 0 Å². The van der Waals surface area contributed by atoms with Crippen LogP contribution in [0.1, 0.15) is 25.8 Å². The molecule has 0 saturated carbocycles. The Balaban J connectivity index is 2.89. The lowest BCUT2D eigenvalue weighted by molar-refractivity contribution is -0.385. The Hall–Kier alpha value is -1.95. The first-order valence-corrected chi connectivity index (χ1v) is 7.16. The summed E-state index contributed by atoms with van der Waals surface area (Å²) in [5.41, 5.74) is 0.0896. The van der Waals surface area contributed by atoms with Gasteiger partial charge in [0.15, 0.2) is 0 Å². The van der Waals surface area contributed by atoms with Gasteiger partial charge in [-0.15, -0.1) is 0 Å². The highest BCUT2D eigenvalue weighted by atomic mass is 35.5. The molecule has 0 saturated heterocycles. The third kappa shape index (κ3) is 4.80. The molecular formula is C15H18ClNO5. The van der Waals surface area contributed by atoms with E-state index in [0.29, 0.717) is 0 Å². The summed E-state index contributed by atoms with van der Waals surface area (Å²) in [6.07, 6.45) is -0.127. The standard InChI is InChI=1S/C15H18ClNO5/c1-9(2)13(15(19)22-3)8-12(18)6-10-4-5-11(16)7-14(10)17(20)21/h4-5,7,9,13H,6,8H2,1-3H3/t13-/m0/s1. The number of nitro groups is 1. The molecule has 0 aromatic heterocycles. The van der Waals surface area contributed by atoms with Gasteiger partial charge in [-0.05, 0) is 12.0 Å². The van der Waals surface area contributed by atoms with Gasteiger partial charge in [0, 0.05) is 29.5 Å². The average Bonchev–Trinajstić information content (AvgIpc) is 2.45. The van der Waals surface area contributed by atoms with E-state index in [1.165, 1.54) is 25.3 Å². The first-order valence-electron chi connectivity index (χ1n) is 6.78. The van der Waals surface area contributed by atoms with Gasteiger partial charge in [0.05, 0.1) is 18.0 Å². The number of hydrogen-bond donors (Lipinski definition) is 0. The number of halogens is 1. The molecular weight excluding hydrogens is 310 g/mol. The molecule has 120 valence electrons. The van der Waals surface area contributed by atoms with Gasteiger partial charge in [-0.3, -0.25) is 19.7 Å². The number of nitro benzene ring substituents is 1. The lowest BCUT2D eigenvalue weighted by atomic mass is 9.89. The molecule has 0 fully saturated rings. The van der Waals surface area contributed by atoms with Crippen molar-refractivity contribution in [3.05, 3.63) is 38.9 Å². The predicted molar refractivity (Wildman–Crippen MR) is 81.8 cm³/mol. The van der Waals surface area contributed by atoms with E-state index in [2.05, 4.69) is 4.74 Å². The number of ketones is 1. The smallest absolute Gasteiger partial charge is 0.309 e. The highest BCUT2D eigenvalue weighted by molar-refractivity contribution is 6.30. The quantitative estimate of drug-likeness (QED) is 0.436. The average molecular weight is 328 g/mol. The summed E-state index contributed by atoms with van der Waals surface area (Å²) >= 11 is 5.73. The molecule has 1 aromatic carbocycles. The van der Waals surface area contributed by atoms with Gasteiger partial charge in [0.25, 0.3) is 5.69 Å². The van der Waals surface area contributed by atoms with Crippen molar-refractivity contribution < 1.29 is 19.2 Å². The van der Waals surface area contributed by atoms with Crippen molar-refractivity contribution in [3.8, 4) is 0 Å². The Morgan fingerprint density at radius 3 is 2.50 bits per heavy atom.